The maximum Gasteiger partial charge on any atom is 0.142 e. The lowest BCUT2D eigenvalue weighted by atomic mass is 10.2. The molecule has 0 unspecified atom stereocenters. The fraction of sp³-hybridized carbons (Fsp3) is 0.636. The SMILES string of the molecule is CCN(C)CCNc1c(C#N)c(C)nn1C. The molecule has 0 radical (unpaired) electrons. The molecule has 1 aromatic rings. The van der Waals surface area contributed by atoms with Crippen molar-refractivity contribution in [2.24, 2.45) is 7.05 Å². The van der Waals surface area contributed by atoms with Gasteiger partial charge in [0.25, 0.3) is 0 Å². The molecular formula is C11H19N5. The van der Waals surface area contributed by atoms with Crippen LogP contribution in [0.5, 0.6) is 0 Å². The van der Waals surface area contributed by atoms with Crippen molar-refractivity contribution >= 4 is 5.82 Å². The van der Waals surface area contributed by atoms with Gasteiger partial charge < -0.3 is 10.2 Å². The number of nitrogens with one attached hydrogen (secondary N) is 1. The maximum atomic E-state index is 9.01. The molecule has 1 N–H and O–H groups in total. The fourth-order valence-electron chi connectivity index (χ4n) is 1.52. The number of hydrogen-bond acceptors (Lipinski definition) is 4. The quantitative estimate of drug-likeness (QED) is 0.804. The van der Waals surface area contributed by atoms with Crippen LogP contribution in [0.2, 0.25) is 0 Å². The Morgan fingerprint density at radius 3 is 2.81 bits per heavy atom. The van der Waals surface area contributed by atoms with Crippen molar-refractivity contribution in [2.75, 3.05) is 32.0 Å². The normalized spacial score (nSPS) is 10.5. The van der Waals surface area contributed by atoms with Gasteiger partial charge in [0.2, 0.25) is 0 Å². The van der Waals surface area contributed by atoms with E-state index in [1.54, 1.807) is 4.68 Å². The lowest BCUT2D eigenvalue weighted by Gasteiger charge is -2.14. The second-order valence-electron chi connectivity index (χ2n) is 3.87. The average Bonchev–Trinajstić information content (AvgIpc) is 2.53. The van der Waals surface area contributed by atoms with Crippen LogP contribution in [0, 0.1) is 18.3 Å². The molecule has 0 amide bonds. The van der Waals surface area contributed by atoms with E-state index in [0.717, 1.165) is 31.1 Å². The Morgan fingerprint density at radius 2 is 2.25 bits per heavy atom. The number of aryl methyl sites for hydroxylation is 2. The Hall–Kier alpha value is -1.54. The first kappa shape index (κ1) is 12.5. The summed E-state index contributed by atoms with van der Waals surface area (Å²) in [5.74, 6) is 0.810. The molecule has 88 valence electrons. The number of rotatable bonds is 5. The lowest BCUT2D eigenvalue weighted by Crippen LogP contribution is -2.25. The smallest absolute Gasteiger partial charge is 0.142 e. The van der Waals surface area contributed by atoms with E-state index in [2.05, 4.69) is 35.4 Å². The molecule has 16 heavy (non-hydrogen) atoms. The van der Waals surface area contributed by atoms with Crippen molar-refractivity contribution in [1.82, 2.24) is 14.7 Å². The summed E-state index contributed by atoms with van der Waals surface area (Å²) in [5.41, 5.74) is 1.41. The molecule has 0 spiro atoms. The number of hydrogen-bond donors (Lipinski definition) is 1. The standard InChI is InChI=1S/C11H19N5/c1-5-15(3)7-6-13-11-10(8-12)9(2)14-16(11)4/h13H,5-7H2,1-4H3. The summed E-state index contributed by atoms with van der Waals surface area (Å²) in [6.45, 7) is 6.76. The highest BCUT2D eigenvalue weighted by molar-refractivity contribution is 5.54. The van der Waals surface area contributed by atoms with Crippen molar-refractivity contribution in [3.05, 3.63) is 11.3 Å². The van der Waals surface area contributed by atoms with Crippen molar-refractivity contribution in [1.29, 1.82) is 5.26 Å². The van der Waals surface area contributed by atoms with Gasteiger partial charge >= 0.3 is 0 Å². The number of aromatic nitrogens is 2. The number of likely N-dealkylation sites (N-methyl/N-ethyl adjacent to an activating group) is 1. The molecule has 0 aliphatic heterocycles. The van der Waals surface area contributed by atoms with E-state index < -0.39 is 0 Å². The van der Waals surface area contributed by atoms with Crippen LogP contribution in [0.3, 0.4) is 0 Å². The van der Waals surface area contributed by atoms with Crippen LogP contribution in [0.15, 0.2) is 0 Å². The van der Waals surface area contributed by atoms with Crippen LogP contribution < -0.4 is 5.32 Å². The third-order valence-electron chi connectivity index (χ3n) is 2.66. The molecule has 1 aromatic heterocycles. The largest absolute Gasteiger partial charge is 0.368 e. The van der Waals surface area contributed by atoms with E-state index in [9.17, 15) is 0 Å². The van der Waals surface area contributed by atoms with E-state index in [4.69, 9.17) is 5.26 Å². The summed E-state index contributed by atoms with van der Waals surface area (Å²) in [6, 6.07) is 2.18. The third kappa shape index (κ3) is 2.74. The van der Waals surface area contributed by atoms with Crippen molar-refractivity contribution in [3.63, 3.8) is 0 Å². The molecule has 0 bridgehead atoms. The van der Waals surface area contributed by atoms with Crippen LogP contribution in [0.25, 0.3) is 0 Å². The van der Waals surface area contributed by atoms with E-state index in [-0.39, 0.29) is 0 Å². The molecule has 0 aliphatic carbocycles. The average molecular weight is 221 g/mol. The Labute approximate surface area is 96.7 Å². The Bertz CT molecular complexity index is 388. The van der Waals surface area contributed by atoms with Gasteiger partial charge in [-0.05, 0) is 20.5 Å². The monoisotopic (exact) mass is 221 g/mol. The van der Waals surface area contributed by atoms with Gasteiger partial charge in [0, 0.05) is 20.1 Å². The zero-order valence-electron chi connectivity index (χ0n) is 10.4. The predicted octanol–water partition coefficient (Wildman–Crippen LogP) is 0.964. The number of nitrogens with zero attached hydrogens (tertiary/aromatic N) is 4. The molecule has 0 saturated carbocycles. The predicted molar refractivity (Wildman–Crippen MR) is 64.3 cm³/mol. The van der Waals surface area contributed by atoms with Gasteiger partial charge in [-0.3, -0.25) is 4.68 Å². The minimum absolute atomic E-state index is 0.640. The molecule has 1 rings (SSSR count). The van der Waals surface area contributed by atoms with Crippen LogP contribution in [-0.2, 0) is 7.05 Å². The summed E-state index contributed by atoms with van der Waals surface area (Å²) in [4.78, 5) is 2.21. The molecule has 0 fully saturated rings. The maximum absolute atomic E-state index is 9.01. The Morgan fingerprint density at radius 1 is 1.56 bits per heavy atom. The molecule has 0 aliphatic rings. The minimum Gasteiger partial charge on any atom is -0.368 e. The minimum atomic E-state index is 0.640. The summed E-state index contributed by atoms with van der Waals surface area (Å²) in [5, 5.41) is 16.5. The van der Waals surface area contributed by atoms with Gasteiger partial charge in [-0.1, -0.05) is 6.92 Å². The summed E-state index contributed by atoms with van der Waals surface area (Å²) < 4.78 is 1.72. The second-order valence-corrected chi connectivity index (χ2v) is 3.87. The number of anilines is 1. The molecule has 0 atom stereocenters. The molecule has 1 heterocycles. The zero-order chi connectivity index (χ0) is 12.1. The van der Waals surface area contributed by atoms with E-state index >= 15 is 0 Å². The first-order chi connectivity index (χ1) is 7.60. The summed E-state index contributed by atoms with van der Waals surface area (Å²) >= 11 is 0. The van der Waals surface area contributed by atoms with E-state index in [1.165, 1.54) is 0 Å². The molecular weight excluding hydrogens is 202 g/mol. The van der Waals surface area contributed by atoms with Crippen LogP contribution in [0.1, 0.15) is 18.2 Å². The van der Waals surface area contributed by atoms with Crippen LogP contribution in [-0.4, -0.2) is 41.4 Å². The van der Waals surface area contributed by atoms with Crippen molar-refractivity contribution in [2.45, 2.75) is 13.8 Å². The van der Waals surface area contributed by atoms with E-state index in [1.807, 2.05) is 14.0 Å². The highest BCUT2D eigenvalue weighted by Crippen LogP contribution is 2.16. The number of nitriles is 1. The summed E-state index contributed by atoms with van der Waals surface area (Å²) in [6.07, 6.45) is 0. The Kier molecular flexibility index (Phi) is 4.32. The topological polar surface area (TPSA) is 56.9 Å². The van der Waals surface area contributed by atoms with Gasteiger partial charge in [0.15, 0.2) is 0 Å². The van der Waals surface area contributed by atoms with Crippen LogP contribution >= 0.6 is 0 Å². The first-order valence-corrected chi connectivity index (χ1v) is 5.46. The van der Waals surface area contributed by atoms with Crippen molar-refractivity contribution < 1.29 is 0 Å². The van der Waals surface area contributed by atoms with Gasteiger partial charge in [0.05, 0.1) is 5.69 Å². The molecule has 5 heteroatoms. The van der Waals surface area contributed by atoms with E-state index in [0.29, 0.717) is 5.56 Å². The summed E-state index contributed by atoms with van der Waals surface area (Å²) in [7, 11) is 3.92. The molecule has 0 saturated heterocycles. The lowest BCUT2D eigenvalue weighted by molar-refractivity contribution is 0.366. The van der Waals surface area contributed by atoms with Gasteiger partial charge in [-0.2, -0.15) is 10.4 Å². The highest BCUT2D eigenvalue weighted by Gasteiger charge is 2.11. The van der Waals surface area contributed by atoms with Crippen molar-refractivity contribution in [3.8, 4) is 6.07 Å². The molecule has 5 nitrogen and oxygen atoms in total. The van der Waals surface area contributed by atoms with Gasteiger partial charge in [0.1, 0.15) is 17.5 Å². The van der Waals surface area contributed by atoms with Gasteiger partial charge in [-0.25, -0.2) is 0 Å². The highest BCUT2D eigenvalue weighted by atomic mass is 15.3. The Balaban J connectivity index is 2.64. The third-order valence-corrected chi connectivity index (χ3v) is 2.66. The fourth-order valence-corrected chi connectivity index (χ4v) is 1.52. The second kappa shape index (κ2) is 5.52. The molecule has 0 aromatic carbocycles. The zero-order valence-corrected chi connectivity index (χ0v) is 10.4. The first-order valence-electron chi connectivity index (χ1n) is 5.46. The van der Waals surface area contributed by atoms with Gasteiger partial charge in [-0.15, -0.1) is 0 Å². The van der Waals surface area contributed by atoms with Crippen LogP contribution in [0.4, 0.5) is 5.82 Å².